The number of H-pyrrole nitrogens is 1. The van der Waals surface area contributed by atoms with Gasteiger partial charge in [-0.25, -0.2) is 13.8 Å². The third-order valence-electron chi connectivity index (χ3n) is 5.89. The zero-order valence-electron chi connectivity index (χ0n) is 17.1. The van der Waals surface area contributed by atoms with Gasteiger partial charge >= 0.3 is 0 Å². The lowest BCUT2D eigenvalue weighted by Gasteiger charge is -2.26. The first-order valence-corrected chi connectivity index (χ1v) is 11.5. The highest BCUT2D eigenvalue weighted by Crippen LogP contribution is 2.30. The predicted molar refractivity (Wildman–Crippen MR) is 120 cm³/mol. The minimum absolute atomic E-state index is 0. The fourth-order valence-corrected chi connectivity index (χ4v) is 5.21. The van der Waals surface area contributed by atoms with Gasteiger partial charge in [0.25, 0.3) is 5.56 Å². The van der Waals surface area contributed by atoms with Gasteiger partial charge in [-0.2, -0.15) is 11.8 Å². The Morgan fingerprint density at radius 2 is 2.00 bits per heavy atom. The molecule has 1 aliphatic carbocycles. The van der Waals surface area contributed by atoms with Crippen LogP contribution in [0.3, 0.4) is 0 Å². The number of alkyl halides is 1. The van der Waals surface area contributed by atoms with Gasteiger partial charge in [0.05, 0.1) is 24.0 Å². The van der Waals surface area contributed by atoms with Crippen LogP contribution in [0.25, 0.3) is 10.9 Å². The Kier molecular flexibility index (Phi) is 8.55. The molecule has 3 N–H and O–H groups in total. The number of piperidine rings is 1. The maximum Gasteiger partial charge on any atom is 0.261 e. The van der Waals surface area contributed by atoms with E-state index in [0.717, 1.165) is 38.3 Å². The topological polar surface area (TPSA) is 87.2 Å². The number of thioether (sulfide) groups is 1. The van der Waals surface area contributed by atoms with Gasteiger partial charge in [0, 0.05) is 29.8 Å². The van der Waals surface area contributed by atoms with E-state index >= 15 is 0 Å². The van der Waals surface area contributed by atoms with E-state index in [-0.39, 0.29) is 47.7 Å². The molecule has 0 unspecified atom stereocenters. The highest BCUT2D eigenvalue weighted by Gasteiger charge is 2.25. The predicted octanol–water partition coefficient (Wildman–Crippen LogP) is 3.35. The molecule has 172 valence electrons. The molecule has 2 atom stereocenters. The smallest absolute Gasteiger partial charge is 0.261 e. The van der Waals surface area contributed by atoms with Gasteiger partial charge in [0.15, 0.2) is 0 Å². The molecule has 1 aromatic heterocycles. The number of aromatic amines is 1. The molecular formula is C21H28ClF2N3O3S. The summed E-state index contributed by atoms with van der Waals surface area (Å²) in [5.74, 6) is 0.319. The SMILES string of the molecule is Cl.O=c1[nH]c(CS[C@H]2CC[C@H](O)CC2)nc2cc(OC[C@H]3CCNC[C@@H]3F)cc(F)c12. The van der Waals surface area contributed by atoms with E-state index in [9.17, 15) is 18.7 Å². The number of aromatic nitrogens is 2. The quantitative estimate of drug-likeness (QED) is 0.594. The van der Waals surface area contributed by atoms with Crippen LogP contribution in [0.1, 0.15) is 37.9 Å². The molecule has 1 saturated heterocycles. The molecule has 2 fully saturated rings. The van der Waals surface area contributed by atoms with E-state index in [4.69, 9.17) is 4.74 Å². The number of ether oxygens (including phenoxy) is 1. The lowest BCUT2D eigenvalue weighted by Crippen LogP contribution is -2.40. The third kappa shape index (κ3) is 6.09. The van der Waals surface area contributed by atoms with E-state index in [1.54, 1.807) is 17.8 Å². The summed E-state index contributed by atoms with van der Waals surface area (Å²) < 4.78 is 34.2. The van der Waals surface area contributed by atoms with Crippen molar-refractivity contribution in [2.45, 2.75) is 55.4 Å². The van der Waals surface area contributed by atoms with Gasteiger partial charge in [0.2, 0.25) is 0 Å². The summed E-state index contributed by atoms with van der Waals surface area (Å²) in [6.07, 6.45) is 2.91. The molecule has 1 saturated carbocycles. The summed E-state index contributed by atoms with van der Waals surface area (Å²) in [6.45, 7) is 1.20. The normalized spacial score (nSPS) is 26.4. The molecular weight excluding hydrogens is 448 g/mol. The molecule has 31 heavy (non-hydrogen) atoms. The Labute approximate surface area is 190 Å². The van der Waals surface area contributed by atoms with Gasteiger partial charge in [-0.3, -0.25) is 4.79 Å². The monoisotopic (exact) mass is 475 g/mol. The first-order valence-electron chi connectivity index (χ1n) is 10.5. The lowest BCUT2D eigenvalue weighted by molar-refractivity contribution is 0.122. The van der Waals surface area contributed by atoms with Crippen LogP contribution in [0.2, 0.25) is 0 Å². The number of benzene rings is 1. The van der Waals surface area contributed by atoms with E-state index in [1.807, 2.05) is 0 Å². The zero-order chi connectivity index (χ0) is 21.1. The van der Waals surface area contributed by atoms with Gasteiger partial charge in [0.1, 0.15) is 28.9 Å². The van der Waals surface area contributed by atoms with Crippen LogP contribution in [-0.2, 0) is 5.75 Å². The molecule has 2 heterocycles. The molecule has 2 aliphatic rings. The van der Waals surface area contributed by atoms with Crippen molar-refractivity contribution in [3.05, 3.63) is 34.1 Å². The molecule has 6 nitrogen and oxygen atoms in total. The summed E-state index contributed by atoms with van der Waals surface area (Å²) in [4.78, 5) is 19.5. The number of fused-ring (bicyclic) bond motifs is 1. The molecule has 0 amide bonds. The summed E-state index contributed by atoms with van der Waals surface area (Å²) in [5, 5.41) is 12.9. The van der Waals surface area contributed by atoms with Crippen molar-refractivity contribution in [2.75, 3.05) is 19.7 Å². The van der Waals surface area contributed by atoms with Crippen LogP contribution >= 0.6 is 24.2 Å². The number of aliphatic hydroxyl groups excluding tert-OH is 1. The second kappa shape index (κ2) is 10.9. The van der Waals surface area contributed by atoms with Gasteiger partial charge < -0.3 is 20.1 Å². The van der Waals surface area contributed by atoms with Crippen molar-refractivity contribution in [1.29, 1.82) is 0 Å². The summed E-state index contributed by atoms with van der Waals surface area (Å²) >= 11 is 1.69. The minimum Gasteiger partial charge on any atom is -0.493 e. The number of nitrogens with one attached hydrogen (secondary N) is 2. The van der Waals surface area contributed by atoms with E-state index < -0.39 is 17.5 Å². The van der Waals surface area contributed by atoms with Crippen LogP contribution in [0.4, 0.5) is 8.78 Å². The van der Waals surface area contributed by atoms with Crippen LogP contribution < -0.4 is 15.6 Å². The van der Waals surface area contributed by atoms with Crippen LogP contribution in [0.5, 0.6) is 5.75 Å². The van der Waals surface area contributed by atoms with Crippen molar-refractivity contribution in [1.82, 2.24) is 15.3 Å². The second-order valence-electron chi connectivity index (χ2n) is 8.13. The summed E-state index contributed by atoms with van der Waals surface area (Å²) in [6, 6.07) is 2.71. The maximum atomic E-state index is 14.5. The number of nitrogens with zero attached hydrogens (tertiary/aromatic N) is 1. The maximum absolute atomic E-state index is 14.5. The highest BCUT2D eigenvalue weighted by atomic mass is 35.5. The molecule has 1 aromatic carbocycles. The molecule has 0 radical (unpaired) electrons. The van der Waals surface area contributed by atoms with Crippen LogP contribution in [0, 0.1) is 11.7 Å². The molecule has 1 aliphatic heterocycles. The van der Waals surface area contributed by atoms with E-state index in [0.29, 0.717) is 29.8 Å². The lowest BCUT2D eigenvalue weighted by atomic mass is 9.97. The Bertz CT molecular complexity index is 940. The number of aliphatic hydroxyl groups is 1. The Morgan fingerprint density at radius 3 is 2.74 bits per heavy atom. The van der Waals surface area contributed by atoms with Crippen molar-refractivity contribution in [3.63, 3.8) is 0 Å². The molecule has 10 heteroatoms. The molecule has 0 bridgehead atoms. The Balaban J connectivity index is 0.00000272. The standard InChI is InChI=1S/C21H27F2N3O3S.ClH/c22-16-7-14(29-10-12-5-6-24-9-17(12)23)8-18-20(16)21(28)26-19(25-18)11-30-15-3-1-13(27)2-4-15;/h7-8,12-13,15,17,24,27H,1-6,9-11H2,(H,25,26,28);1H/t12-,13-,15-,17+;/m1./s1. The third-order valence-corrected chi connectivity index (χ3v) is 7.27. The number of rotatable bonds is 6. The van der Waals surface area contributed by atoms with E-state index in [2.05, 4.69) is 15.3 Å². The van der Waals surface area contributed by atoms with Gasteiger partial charge in [-0.15, -0.1) is 12.4 Å². The zero-order valence-corrected chi connectivity index (χ0v) is 18.7. The highest BCUT2D eigenvalue weighted by molar-refractivity contribution is 7.99. The largest absolute Gasteiger partial charge is 0.493 e. The average molecular weight is 476 g/mol. The van der Waals surface area contributed by atoms with Crippen molar-refractivity contribution in [3.8, 4) is 5.75 Å². The number of hydrogen-bond acceptors (Lipinski definition) is 6. The first kappa shape index (κ1) is 24.2. The Hall–Kier alpha value is -1.42. The van der Waals surface area contributed by atoms with E-state index in [1.165, 1.54) is 0 Å². The fraction of sp³-hybridized carbons (Fsp3) is 0.619. The van der Waals surface area contributed by atoms with Gasteiger partial charge in [-0.1, -0.05) is 0 Å². The minimum atomic E-state index is -0.991. The summed E-state index contributed by atoms with van der Waals surface area (Å²) in [7, 11) is 0. The fourth-order valence-electron chi connectivity index (χ4n) is 4.07. The molecule has 2 aromatic rings. The van der Waals surface area contributed by atoms with Gasteiger partial charge in [-0.05, 0) is 38.6 Å². The summed E-state index contributed by atoms with van der Waals surface area (Å²) in [5.41, 5.74) is -0.272. The number of hydrogen-bond donors (Lipinski definition) is 3. The van der Waals surface area contributed by atoms with Crippen LogP contribution in [0.15, 0.2) is 16.9 Å². The van der Waals surface area contributed by atoms with Crippen molar-refractivity contribution >= 4 is 35.1 Å². The average Bonchev–Trinajstić information content (AvgIpc) is 2.72. The molecule has 4 rings (SSSR count). The molecule has 0 spiro atoms. The van der Waals surface area contributed by atoms with Crippen molar-refractivity contribution < 1.29 is 18.6 Å². The second-order valence-corrected chi connectivity index (χ2v) is 9.42. The Morgan fingerprint density at radius 1 is 1.23 bits per heavy atom. The number of halogens is 3. The van der Waals surface area contributed by atoms with Crippen molar-refractivity contribution in [2.24, 2.45) is 5.92 Å². The first-order chi connectivity index (χ1) is 14.5. The van der Waals surface area contributed by atoms with Crippen LogP contribution in [-0.4, -0.2) is 52.3 Å².